The molecule has 0 aromatic carbocycles. The second kappa shape index (κ2) is 17.8. The predicted octanol–water partition coefficient (Wildman–Crippen LogP) is 1.36. The van der Waals surface area contributed by atoms with Crippen molar-refractivity contribution in [3.63, 3.8) is 0 Å². The molecular formula is C27H47N3O10. The van der Waals surface area contributed by atoms with Crippen LogP contribution in [-0.4, -0.2) is 111 Å². The van der Waals surface area contributed by atoms with Crippen LogP contribution >= 0.6 is 0 Å². The quantitative estimate of drug-likeness (QED) is 0.148. The highest BCUT2D eigenvalue weighted by Gasteiger charge is 2.35. The number of likely N-dealkylation sites (tertiary alicyclic amines) is 1. The number of rotatable bonds is 17. The highest BCUT2D eigenvalue weighted by Crippen LogP contribution is 2.18. The van der Waals surface area contributed by atoms with Crippen LogP contribution in [0.15, 0.2) is 0 Å². The van der Waals surface area contributed by atoms with Gasteiger partial charge >= 0.3 is 12.1 Å². The van der Waals surface area contributed by atoms with E-state index < -0.39 is 47.2 Å². The van der Waals surface area contributed by atoms with Crippen molar-refractivity contribution in [3.8, 4) is 0 Å². The Kier molecular flexibility index (Phi) is 15.7. The molecule has 0 bridgehead atoms. The Morgan fingerprint density at radius 2 is 1.45 bits per heavy atom. The molecule has 0 unspecified atom stereocenters. The highest BCUT2D eigenvalue weighted by atomic mass is 16.6. The third kappa shape index (κ3) is 16.4. The zero-order valence-corrected chi connectivity index (χ0v) is 24.7. The summed E-state index contributed by atoms with van der Waals surface area (Å²) in [5, 5.41) is 5.19. The fraction of sp³-hybridized carbons (Fsp3) is 0.815. The monoisotopic (exact) mass is 573 g/mol. The largest absolute Gasteiger partial charge is 0.460 e. The average Bonchev–Trinajstić information content (AvgIpc) is 3.30. The van der Waals surface area contributed by atoms with Crippen LogP contribution in [0.3, 0.4) is 0 Å². The number of esters is 1. The number of amides is 3. The van der Waals surface area contributed by atoms with E-state index in [0.717, 1.165) is 0 Å². The minimum atomic E-state index is -1.13. The van der Waals surface area contributed by atoms with E-state index in [1.807, 2.05) is 0 Å². The molecule has 0 saturated carbocycles. The van der Waals surface area contributed by atoms with Gasteiger partial charge in [0.2, 0.25) is 11.8 Å². The molecule has 1 fully saturated rings. The molecule has 1 rings (SSSR count). The van der Waals surface area contributed by atoms with Crippen molar-refractivity contribution < 1.29 is 47.7 Å². The van der Waals surface area contributed by atoms with Gasteiger partial charge in [0.1, 0.15) is 23.5 Å². The van der Waals surface area contributed by atoms with Crippen LogP contribution < -0.4 is 10.6 Å². The summed E-state index contributed by atoms with van der Waals surface area (Å²) in [5.41, 5.74) is -1.29. The molecule has 1 aliphatic rings. The third-order valence-corrected chi connectivity index (χ3v) is 5.30. The maximum absolute atomic E-state index is 13.1. The number of nitrogens with zero attached hydrogens (tertiary/aromatic N) is 1. The Labute approximate surface area is 236 Å². The smallest absolute Gasteiger partial charge is 0.407 e. The van der Waals surface area contributed by atoms with E-state index in [0.29, 0.717) is 58.6 Å². The lowest BCUT2D eigenvalue weighted by Gasteiger charge is -2.27. The molecule has 13 nitrogen and oxygen atoms in total. The van der Waals surface area contributed by atoms with E-state index in [9.17, 15) is 24.0 Å². The highest BCUT2D eigenvalue weighted by molar-refractivity contribution is 5.92. The molecule has 0 radical (unpaired) electrons. The maximum Gasteiger partial charge on any atom is 0.407 e. The van der Waals surface area contributed by atoms with Gasteiger partial charge in [-0.15, -0.1) is 0 Å². The van der Waals surface area contributed by atoms with E-state index >= 15 is 0 Å². The molecule has 0 spiro atoms. The molecule has 1 aliphatic heterocycles. The second-order valence-electron chi connectivity index (χ2n) is 11.3. The molecule has 13 heteroatoms. The average molecular weight is 574 g/mol. The van der Waals surface area contributed by atoms with Crippen LogP contribution in [0, 0.1) is 0 Å². The van der Waals surface area contributed by atoms with Crippen LogP contribution in [0.4, 0.5) is 4.79 Å². The standard InChI is InChI=1S/C27H47N3O10/c1-26(2,3)39-23(33)18-21(24(34)30-11-7-8-20(30)19-31)29-22(32)9-12-36-14-16-38-17-15-37-13-10-28-25(35)40-27(4,5)6/h19-21H,7-18H2,1-6H3,(H,28,35)(H,29,32)/t20-,21-/m0/s1. The van der Waals surface area contributed by atoms with Crippen LogP contribution in [0.25, 0.3) is 0 Å². The number of nitrogens with one attached hydrogen (secondary N) is 2. The first-order valence-corrected chi connectivity index (χ1v) is 13.7. The molecule has 0 aromatic heterocycles. The molecule has 0 aliphatic carbocycles. The van der Waals surface area contributed by atoms with Gasteiger partial charge < -0.3 is 44.0 Å². The summed E-state index contributed by atoms with van der Waals surface area (Å²) in [7, 11) is 0. The Balaban J connectivity index is 2.27. The molecule has 230 valence electrons. The van der Waals surface area contributed by atoms with Crippen LogP contribution in [0.5, 0.6) is 0 Å². The Morgan fingerprint density at radius 3 is 2.02 bits per heavy atom. The first-order chi connectivity index (χ1) is 18.7. The normalized spacial score (nSPS) is 16.2. The van der Waals surface area contributed by atoms with E-state index in [1.165, 1.54) is 4.90 Å². The summed E-state index contributed by atoms with van der Waals surface area (Å²) in [4.78, 5) is 62.2. The summed E-state index contributed by atoms with van der Waals surface area (Å²) in [5.74, 6) is -1.56. The maximum atomic E-state index is 13.1. The van der Waals surface area contributed by atoms with Gasteiger partial charge in [0.05, 0.1) is 52.1 Å². The van der Waals surface area contributed by atoms with Crippen LogP contribution in [0.1, 0.15) is 67.2 Å². The molecule has 0 aromatic rings. The minimum absolute atomic E-state index is 0.0248. The summed E-state index contributed by atoms with van der Waals surface area (Å²) < 4.78 is 26.6. The number of hydrogen-bond donors (Lipinski definition) is 2. The van der Waals surface area contributed by atoms with Crippen molar-refractivity contribution in [1.82, 2.24) is 15.5 Å². The molecule has 3 amide bonds. The van der Waals surface area contributed by atoms with Gasteiger partial charge in [0, 0.05) is 19.5 Å². The predicted molar refractivity (Wildman–Crippen MR) is 145 cm³/mol. The fourth-order valence-corrected chi connectivity index (χ4v) is 3.67. The van der Waals surface area contributed by atoms with Crippen LogP contribution in [0.2, 0.25) is 0 Å². The topological polar surface area (TPSA) is 159 Å². The number of carbonyl (C=O) groups is 5. The number of alkyl carbamates (subject to hydrolysis) is 1. The molecule has 40 heavy (non-hydrogen) atoms. The molecule has 2 atom stereocenters. The van der Waals surface area contributed by atoms with E-state index in [1.54, 1.807) is 41.5 Å². The van der Waals surface area contributed by atoms with Crippen molar-refractivity contribution in [1.29, 1.82) is 0 Å². The Bertz CT molecular complexity index is 822. The van der Waals surface area contributed by atoms with Gasteiger partial charge in [0.15, 0.2) is 0 Å². The SMILES string of the molecule is CC(C)(C)OC(=O)C[C@H](NC(=O)CCOCCOCCOCCNC(=O)OC(C)(C)C)C(=O)N1CCC[C@H]1C=O. The first-order valence-electron chi connectivity index (χ1n) is 13.7. The van der Waals surface area contributed by atoms with E-state index in [4.69, 9.17) is 23.7 Å². The third-order valence-electron chi connectivity index (χ3n) is 5.30. The van der Waals surface area contributed by atoms with Crippen molar-refractivity contribution in [2.75, 3.05) is 52.7 Å². The molecular weight excluding hydrogens is 526 g/mol. The van der Waals surface area contributed by atoms with E-state index in [-0.39, 0.29) is 26.1 Å². The lowest BCUT2D eigenvalue weighted by atomic mass is 10.1. The zero-order valence-electron chi connectivity index (χ0n) is 24.7. The van der Waals surface area contributed by atoms with Crippen molar-refractivity contribution in [3.05, 3.63) is 0 Å². The van der Waals surface area contributed by atoms with Crippen molar-refractivity contribution >= 4 is 30.2 Å². The van der Waals surface area contributed by atoms with Crippen molar-refractivity contribution in [2.24, 2.45) is 0 Å². The second-order valence-corrected chi connectivity index (χ2v) is 11.3. The first kappa shape index (κ1) is 35.3. The van der Waals surface area contributed by atoms with Gasteiger partial charge in [-0.2, -0.15) is 0 Å². The van der Waals surface area contributed by atoms with Gasteiger partial charge in [-0.3, -0.25) is 14.4 Å². The fourth-order valence-electron chi connectivity index (χ4n) is 3.67. The Morgan fingerprint density at radius 1 is 0.875 bits per heavy atom. The Hall–Kier alpha value is -2.77. The zero-order chi connectivity index (χ0) is 30.2. The number of ether oxygens (including phenoxy) is 5. The summed E-state index contributed by atoms with van der Waals surface area (Å²) in [6.45, 7) is 12.8. The van der Waals surface area contributed by atoms with Gasteiger partial charge in [0.25, 0.3) is 0 Å². The van der Waals surface area contributed by atoms with Crippen molar-refractivity contribution in [2.45, 2.75) is 90.5 Å². The lowest BCUT2D eigenvalue weighted by molar-refractivity contribution is -0.157. The van der Waals surface area contributed by atoms with Gasteiger partial charge in [-0.05, 0) is 54.4 Å². The van der Waals surface area contributed by atoms with E-state index in [2.05, 4.69) is 10.6 Å². The lowest BCUT2D eigenvalue weighted by Crippen LogP contribution is -2.51. The minimum Gasteiger partial charge on any atom is -0.460 e. The molecule has 2 N–H and O–H groups in total. The molecule has 1 heterocycles. The van der Waals surface area contributed by atoms with Crippen LogP contribution in [-0.2, 0) is 42.9 Å². The molecule has 1 saturated heterocycles. The number of carbonyl (C=O) groups excluding carboxylic acids is 5. The summed E-state index contributed by atoms with van der Waals surface area (Å²) in [6, 6.07) is -1.70. The number of aldehydes is 1. The van der Waals surface area contributed by atoms with Gasteiger partial charge in [-0.25, -0.2) is 4.79 Å². The summed E-state index contributed by atoms with van der Waals surface area (Å²) >= 11 is 0. The van der Waals surface area contributed by atoms with Gasteiger partial charge in [-0.1, -0.05) is 0 Å². The number of hydrogen-bond acceptors (Lipinski definition) is 10. The summed E-state index contributed by atoms with van der Waals surface area (Å²) in [6.07, 6.45) is 1.08.